The SMILES string of the molecule is O=C(NS(=O)(=O)c1cccc2cnccc12)c1cccc(I)c1. The van der Waals surface area contributed by atoms with Gasteiger partial charge in [0.1, 0.15) is 0 Å². The average Bonchev–Trinajstić information content (AvgIpc) is 2.54. The molecule has 0 saturated carbocycles. The fourth-order valence-corrected chi connectivity index (χ4v) is 3.94. The van der Waals surface area contributed by atoms with Crippen molar-refractivity contribution < 1.29 is 13.2 Å². The lowest BCUT2D eigenvalue weighted by Crippen LogP contribution is -2.30. The zero-order chi connectivity index (χ0) is 16.4. The Bertz CT molecular complexity index is 998. The first-order valence-corrected chi connectivity index (χ1v) is 9.19. The van der Waals surface area contributed by atoms with E-state index in [-0.39, 0.29) is 4.90 Å². The number of rotatable bonds is 3. The van der Waals surface area contributed by atoms with E-state index < -0.39 is 15.9 Å². The van der Waals surface area contributed by atoms with Gasteiger partial charge in [-0.25, -0.2) is 13.1 Å². The Kier molecular flexibility index (Phi) is 4.31. The van der Waals surface area contributed by atoms with Gasteiger partial charge in [-0.05, 0) is 52.9 Å². The topological polar surface area (TPSA) is 76.1 Å². The lowest BCUT2D eigenvalue weighted by atomic mass is 10.2. The molecule has 0 fully saturated rings. The summed E-state index contributed by atoms with van der Waals surface area (Å²) in [5, 5.41) is 1.21. The van der Waals surface area contributed by atoms with Crippen molar-refractivity contribution in [3.05, 3.63) is 70.1 Å². The largest absolute Gasteiger partial charge is 0.268 e. The highest BCUT2D eigenvalue weighted by Gasteiger charge is 2.21. The lowest BCUT2D eigenvalue weighted by molar-refractivity contribution is 0.0981. The molecule has 0 bridgehead atoms. The fraction of sp³-hybridized carbons (Fsp3) is 0. The maximum absolute atomic E-state index is 12.6. The molecule has 116 valence electrons. The highest BCUT2D eigenvalue weighted by atomic mass is 127. The summed E-state index contributed by atoms with van der Waals surface area (Å²) in [7, 11) is -3.98. The summed E-state index contributed by atoms with van der Waals surface area (Å²) < 4.78 is 28.1. The molecule has 3 rings (SSSR count). The smallest absolute Gasteiger partial charge is 0.265 e. The number of amides is 1. The highest BCUT2D eigenvalue weighted by molar-refractivity contribution is 14.1. The molecule has 0 spiro atoms. The van der Waals surface area contributed by atoms with E-state index in [1.807, 2.05) is 6.07 Å². The molecule has 0 atom stereocenters. The van der Waals surface area contributed by atoms with Crippen LogP contribution in [0, 0.1) is 3.57 Å². The van der Waals surface area contributed by atoms with Crippen LogP contribution in [0.1, 0.15) is 10.4 Å². The van der Waals surface area contributed by atoms with Crippen molar-refractivity contribution in [1.82, 2.24) is 9.71 Å². The number of halogens is 1. The van der Waals surface area contributed by atoms with E-state index in [9.17, 15) is 13.2 Å². The third-order valence-electron chi connectivity index (χ3n) is 3.24. The van der Waals surface area contributed by atoms with Gasteiger partial charge in [0, 0.05) is 32.3 Å². The van der Waals surface area contributed by atoms with Gasteiger partial charge in [-0.1, -0.05) is 18.2 Å². The molecule has 5 nitrogen and oxygen atoms in total. The summed E-state index contributed by atoms with van der Waals surface area (Å²) in [5.41, 5.74) is 0.294. The van der Waals surface area contributed by atoms with Crippen LogP contribution >= 0.6 is 22.6 Å². The molecule has 0 aliphatic heterocycles. The zero-order valence-corrected chi connectivity index (χ0v) is 14.7. The molecule has 1 N–H and O–H groups in total. The van der Waals surface area contributed by atoms with Crippen LogP contribution in [-0.2, 0) is 10.0 Å². The fourth-order valence-electron chi connectivity index (χ4n) is 2.19. The van der Waals surface area contributed by atoms with Crippen LogP contribution in [-0.4, -0.2) is 19.3 Å². The minimum absolute atomic E-state index is 0.0522. The van der Waals surface area contributed by atoms with Gasteiger partial charge < -0.3 is 0 Å². The molecular formula is C16H11IN2O3S. The van der Waals surface area contributed by atoms with Gasteiger partial charge >= 0.3 is 0 Å². The second-order valence-corrected chi connectivity index (χ2v) is 7.69. The summed E-state index contributed by atoms with van der Waals surface area (Å²) in [6, 6.07) is 13.2. The van der Waals surface area contributed by atoms with E-state index in [2.05, 4.69) is 32.3 Å². The van der Waals surface area contributed by atoms with Crippen LogP contribution in [0.25, 0.3) is 10.8 Å². The quantitative estimate of drug-likeness (QED) is 0.639. The van der Waals surface area contributed by atoms with Gasteiger partial charge in [-0.15, -0.1) is 0 Å². The average molecular weight is 438 g/mol. The maximum atomic E-state index is 12.6. The highest BCUT2D eigenvalue weighted by Crippen LogP contribution is 2.22. The molecular weight excluding hydrogens is 427 g/mol. The number of hydrogen-bond donors (Lipinski definition) is 1. The number of nitrogens with zero attached hydrogens (tertiary/aromatic N) is 1. The first kappa shape index (κ1) is 15.9. The molecule has 0 aliphatic rings. The maximum Gasteiger partial charge on any atom is 0.265 e. The molecule has 0 aliphatic carbocycles. The predicted octanol–water partition coefficient (Wildman–Crippen LogP) is 2.96. The number of hydrogen-bond acceptors (Lipinski definition) is 4. The Morgan fingerprint density at radius 1 is 1.09 bits per heavy atom. The van der Waals surface area contributed by atoms with E-state index in [1.165, 1.54) is 12.3 Å². The summed E-state index contributed by atoms with van der Waals surface area (Å²) in [6.07, 6.45) is 3.10. The number of pyridine rings is 1. The number of benzene rings is 2. The third kappa shape index (κ3) is 3.35. The zero-order valence-electron chi connectivity index (χ0n) is 11.7. The number of nitrogens with one attached hydrogen (secondary N) is 1. The lowest BCUT2D eigenvalue weighted by Gasteiger charge is -2.09. The van der Waals surface area contributed by atoms with Crippen LogP contribution in [0.15, 0.2) is 65.8 Å². The first-order chi connectivity index (χ1) is 11.0. The Morgan fingerprint density at radius 2 is 1.87 bits per heavy atom. The van der Waals surface area contributed by atoms with E-state index in [0.717, 1.165) is 3.57 Å². The van der Waals surface area contributed by atoms with Crippen LogP contribution < -0.4 is 4.72 Å². The van der Waals surface area contributed by atoms with Crippen molar-refractivity contribution in [3.8, 4) is 0 Å². The van der Waals surface area contributed by atoms with Crippen LogP contribution in [0.2, 0.25) is 0 Å². The molecule has 1 heterocycles. The van der Waals surface area contributed by atoms with Gasteiger partial charge in [0.05, 0.1) is 4.90 Å². The van der Waals surface area contributed by atoms with Gasteiger partial charge in [0.2, 0.25) is 0 Å². The van der Waals surface area contributed by atoms with Gasteiger partial charge in [-0.2, -0.15) is 0 Å². The first-order valence-electron chi connectivity index (χ1n) is 6.63. The summed E-state index contributed by atoms with van der Waals surface area (Å²) in [5.74, 6) is -0.658. The minimum Gasteiger partial charge on any atom is -0.268 e. The Balaban J connectivity index is 2.00. The van der Waals surface area contributed by atoms with Gasteiger partial charge in [0.25, 0.3) is 15.9 Å². The van der Waals surface area contributed by atoms with Crippen molar-refractivity contribution in [2.24, 2.45) is 0 Å². The van der Waals surface area contributed by atoms with Gasteiger partial charge in [-0.3, -0.25) is 9.78 Å². The monoisotopic (exact) mass is 438 g/mol. The molecule has 0 radical (unpaired) electrons. The molecule has 1 amide bonds. The third-order valence-corrected chi connectivity index (χ3v) is 5.30. The number of carbonyl (C=O) groups is 1. The Labute approximate surface area is 146 Å². The predicted molar refractivity (Wildman–Crippen MR) is 95.6 cm³/mol. The van der Waals surface area contributed by atoms with Crippen molar-refractivity contribution in [2.45, 2.75) is 4.90 Å². The standard InChI is InChI=1S/C16H11IN2O3S/c17-13-5-1-3-11(9-13)16(20)19-23(21,22)15-6-2-4-12-10-18-8-7-14(12)15/h1-10H,(H,19,20). The number of fused-ring (bicyclic) bond motifs is 1. The summed E-state index contributed by atoms with van der Waals surface area (Å²) in [6.45, 7) is 0. The Hall–Kier alpha value is -2.00. The molecule has 3 aromatic rings. The van der Waals surface area contributed by atoms with Crippen molar-refractivity contribution >= 4 is 49.3 Å². The number of aromatic nitrogens is 1. The number of carbonyl (C=O) groups excluding carboxylic acids is 1. The van der Waals surface area contributed by atoms with E-state index >= 15 is 0 Å². The van der Waals surface area contributed by atoms with Crippen molar-refractivity contribution in [3.63, 3.8) is 0 Å². The molecule has 0 unspecified atom stereocenters. The van der Waals surface area contributed by atoms with Crippen molar-refractivity contribution in [1.29, 1.82) is 0 Å². The second-order valence-electron chi connectivity index (χ2n) is 4.80. The Morgan fingerprint density at radius 3 is 2.65 bits per heavy atom. The van der Waals surface area contributed by atoms with E-state index in [0.29, 0.717) is 16.3 Å². The van der Waals surface area contributed by atoms with Crippen LogP contribution in [0.3, 0.4) is 0 Å². The van der Waals surface area contributed by atoms with E-state index in [4.69, 9.17) is 0 Å². The molecule has 2 aromatic carbocycles. The van der Waals surface area contributed by atoms with E-state index in [1.54, 1.807) is 42.6 Å². The molecule has 0 saturated heterocycles. The summed E-state index contributed by atoms with van der Waals surface area (Å²) in [4.78, 5) is 16.2. The molecule has 23 heavy (non-hydrogen) atoms. The van der Waals surface area contributed by atoms with Gasteiger partial charge in [0.15, 0.2) is 0 Å². The summed E-state index contributed by atoms with van der Waals surface area (Å²) >= 11 is 2.06. The molecule has 1 aromatic heterocycles. The molecule has 7 heteroatoms. The van der Waals surface area contributed by atoms with Crippen LogP contribution in [0.5, 0.6) is 0 Å². The number of sulfonamides is 1. The van der Waals surface area contributed by atoms with Crippen molar-refractivity contribution in [2.75, 3.05) is 0 Å². The second kappa shape index (κ2) is 6.25. The normalized spacial score (nSPS) is 11.3. The minimum atomic E-state index is -3.98. The van der Waals surface area contributed by atoms with Crippen LogP contribution in [0.4, 0.5) is 0 Å².